The second kappa shape index (κ2) is 11.5. The Morgan fingerprint density at radius 3 is 2.31 bits per heavy atom. The number of ether oxygens (including phenoxy) is 3. The number of benzene rings is 2. The van der Waals surface area contributed by atoms with E-state index in [-0.39, 0.29) is 6.61 Å². The van der Waals surface area contributed by atoms with Crippen LogP contribution in [0.1, 0.15) is 29.5 Å². The van der Waals surface area contributed by atoms with Crippen molar-refractivity contribution in [2.75, 3.05) is 26.8 Å². The number of hydrogen-bond acceptors (Lipinski definition) is 7. The number of aromatic nitrogens is 1. The maximum atomic E-state index is 10.4. The number of aryl methyl sites for hydroxylation is 2. The molecule has 1 heterocycles. The zero-order valence-corrected chi connectivity index (χ0v) is 19.2. The highest BCUT2D eigenvalue weighted by atomic mass is 16.5. The van der Waals surface area contributed by atoms with Crippen LogP contribution in [0.4, 0.5) is 0 Å². The summed E-state index contributed by atoms with van der Waals surface area (Å²) in [5.74, 6) is 2.90. The molecule has 1 atom stereocenters. The monoisotopic (exact) mass is 440 g/mol. The molecule has 2 aromatic carbocycles. The van der Waals surface area contributed by atoms with E-state index in [1.165, 1.54) is 0 Å². The topological polar surface area (TPSA) is 77.2 Å². The molecule has 3 aromatic rings. The Hall–Kier alpha value is -3.03. The minimum atomic E-state index is -0.618. The lowest BCUT2D eigenvalue weighted by Gasteiger charge is -2.21. The summed E-state index contributed by atoms with van der Waals surface area (Å²) in [7, 11) is 1.97. The number of aliphatic hydroxyl groups excluding tert-OH is 1. The van der Waals surface area contributed by atoms with Crippen molar-refractivity contribution < 1.29 is 23.8 Å². The molecule has 0 fully saturated rings. The molecule has 0 aliphatic carbocycles. The van der Waals surface area contributed by atoms with Gasteiger partial charge in [-0.15, -0.1) is 0 Å². The molecule has 0 aliphatic rings. The molecule has 172 valence electrons. The van der Waals surface area contributed by atoms with Crippen LogP contribution in [0.15, 0.2) is 53.1 Å². The number of rotatable bonds is 12. The van der Waals surface area contributed by atoms with E-state index >= 15 is 0 Å². The van der Waals surface area contributed by atoms with E-state index in [2.05, 4.69) is 10.1 Å². The number of nitrogens with zero attached hydrogens (tertiary/aromatic N) is 2. The van der Waals surface area contributed by atoms with Crippen LogP contribution < -0.4 is 14.2 Å². The predicted molar refractivity (Wildman–Crippen MR) is 122 cm³/mol. The highest BCUT2D eigenvalue weighted by Gasteiger charge is 2.12. The molecule has 0 saturated heterocycles. The highest BCUT2D eigenvalue weighted by Crippen LogP contribution is 2.26. The normalized spacial score (nSPS) is 12.1. The summed E-state index contributed by atoms with van der Waals surface area (Å²) in [6.45, 7) is 8.10. The molecule has 3 rings (SSSR count). The fourth-order valence-corrected chi connectivity index (χ4v) is 3.37. The molecule has 0 aliphatic heterocycles. The SMILES string of the molecule is CCOc1ccccc1OCC(O)CN(C)Cc1ccc(OCc2c(C)noc2C)cc1. The second-order valence-corrected chi connectivity index (χ2v) is 7.78. The Morgan fingerprint density at radius 1 is 1.00 bits per heavy atom. The summed E-state index contributed by atoms with van der Waals surface area (Å²) < 4.78 is 22.3. The Morgan fingerprint density at radius 2 is 1.69 bits per heavy atom. The Labute approximate surface area is 189 Å². The average Bonchev–Trinajstić information content (AvgIpc) is 3.10. The van der Waals surface area contributed by atoms with Crippen molar-refractivity contribution in [2.24, 2.45) is 0 Å². The van der Waals surface area contributed by atoms with E-state index in [0.29, 0.717) is 37.8 Å². The quantitative estimate of drug-likeness (QED) is 0.453. The van der Waals surface area contributed by atoms with Gasteiger partial charge < -0.3 is 23.8 Å². The van der Waals surface area contributed by atoms with Gasteiger partial charge in [0.15, 0.2) is 11.5 Å². The first-order valence-corrected chi connectivity index (χ1v) is 10.8. The molecule has 0 saturated carbocycles. The molecule has 1 unspecified atom stereocenters. The van der Waals surface area contributed by atoms with E-state index < -0.39 is 6.10 Å². The zero-order chi connectivity index (χ0) is 22.9. The van der Waals surface area contributed by atoms with Gasteiger partial charge in [0.25, 0.3) is 0 Å². The van der Waals surface area contributed by atoms with E-state index in [4.69, 9.17) is 18.7 Å². The van der Waals surface area contributed by atoms with Gasteiger partial charge in [-0.3, -0.25) is 4.90 Å². The van der Waals surface area contributed by atoms with Crippen molar-refractivity contribution in [3.05, 3.63) is 71.1 Å². The van der Waals surface area contributed by atoms with Crippen LogP contribution in [0.5, 0.6) is 17.2 Å². The van der Waals surface area contributed by atoms with Crippen molar-refractivity contribution in [3.8, 4) is 17.2 Å². The third-order valence-electron chi connectivity index (χ3n) is 5.04. The van der Waals surface area contributed by atoms with Gasteiger partial charge in [0, 0.05) is 13.1 Å². The molecule has 1 aromatic heterocycles. The molecule has 0 radical (unpaired) electrons. The molecular formula is C25H32N2O5. The predicted octanol–water partition coefficient (Wildman–Crippen LogP) is 4.14. The Balaban J connectivity index is 1.43. The van der Waals surface area contributed by atoms with Gasteiger partial charge in [-0.05, 0) is 57.6 Å². The van der Waals surface area contributed by atoms with E-state index in [1.54, 1.807) is 0 Å². The first-order chi connectivity index (χ1) is 15.5. The second-order valence-electron chi connectivity index (χ2n) is 7.78. The van der Waals surface area contributed by atoms with Gasteiger partial charge in [-0.25, -0.2) is 0 Å². The van der Waals surface area contributed by atoms with Crippen molar-refractivity contribution in [3.63, 3.8) is 0 Å². The van der Waals surface area contributed by atoms with Crippen LogP contribution in [-0.2, 0) is 13.2 Å². The van der Waals surface area contributed by atoms with Gasteiger partial charge in [-0.1, -0.05) is 29.4 Å². The summed E-state index contributed by atoms with van der Waals surface area (Å²) in [6, 6.07) is 15.4. The molecule has 7 nitrogen and oxygen atoms in total. The van der Waals surface area contributed by atoms with Gasteiger partial charge in [-0.2, -0.15) is 0 Å². The summed E-state index contributed by atoms with van der Waals surface area (Å²) in [6.07, 6.45) is -0.618. The van der Waals surface area contributed by atoms with E-state index in [9.17, 15) is 5.11 Å². The lowest BCUT2D eigenvalue weighted by atomic mass is 10.2. The zero-order valence-electron chi connectivity index (χ0n) is 19.2. The maximum absolute atomic E-state index is 10.4. The molecular weight excluding hydrogens is 408 g/mol. The van der Waals surface area contributed by atoms with E-state index in [0.717, 1.165) is 28.3 Å². The van der Waals surface area contributed by atoms with Gasteiger partial charge >= 0.3 is 0 Å². The highest BCUT2D eigenvalue weighted by molar-refractivity contribution is 5.39. The molecule has 0 bridgehead atoms. The number of likely N-dealkylation sites (N-methyl/N-ethyl adjacent to an activating group) is 1. The van der Waals surface area contributed by atoms with Crippen LogP contribution in [0, 0.1) is 13.8 Å². The van der Waals surface area contributed by atoms with Gasteiger partial charge in [0.05, 0.1) is 17.9 Å². The van der Waals surface area contributed by atoms with E-state index in [1.807, 2.05) is 76.3 Å². The van der Waals surface area contributed by atoms with Crippen LogP contribution in [0.2, 0.25) is 0 Å². The molecule has 32 heavy (non-hydrogen) atoms. The van der Waals surface area contributed by atoms with Crippen LogP contribution in [-0.4, -0.2) is 48.1 Å². The first kappa shape index (κ1) is 23.6. The van der Waals surface area contributed by atoms with Crippen LogP contribution in [0.3, 0.4) is 0 Å². The standard InChI is InChI=1S/C25H32N2O5/c1-5-29-24-8-6-7-9-25(24)31-16-21(28)15-27(4)14-20-10-12-22(13-11-20)30-17-23-18(2)26-32-19(23)3/h6-13,21,28H,5,14-17H2,1-4H3. The Kier molecular flexibility index (Phi) is 8.53. The largest absolute Gasteiger partial charge is 0.490 e. The molecule has 1 N–H and O–H groups in total. The number of hydrogen-bond donors (Lipinski definition) is 1. The van der Waals surface area contributed by atoms with Gasteiger partial charge in [0.2, 0.25) is 0 Å². The summed E-state index contributed by atoms with van der Waals surface area (Å²) in [4.78, 5) is 2.06. The van der Waals surface area contributed by atoms with Crippen molar-refractivity contribution >= 4 is 0 Å². The van der Waals surface area contributed by atoms with Crippen molar-refractivity contribution in [1.82, 2.24) is 10.1 Å². The molecule has 7 heteroatoms. The van der Waals surface area contributed by atoms with Crippen molar-refractivity contribution in [2.45, 2.75) is 40.0 Å². The number of para-hydroxylation sites is 2. The lowest BCUT2D eigenvalue weighted by Crippen LogP contribution is -2.32. The van der Waals surface area contributed by atoms with Crippen LogP contribution in [0.25, 0.3) is 0 Å². The third kappa shape index (κ3) is 6.73. The summed E-state index contributed by atoms with van der Waals surface area (Å²) >= 11 is 0. The van der Waals surface area contributed by atoms with Gasteiger partial charge in [0.1, 0.15) is 30.8 Å². The maximum Gasteiger partial charge on any atom is 0.161 e. The smallest absolute Gasteiger partial charge is 0.161 e. The fraction of sp³-hybridized carbons (Fsp3) is 0.400. The number of aliphatic hydroxyl groups is 1. The minimum absolute atomic E-state index is 0.197. The first-order valence-electron chi connectivity index (χ1n) is 10.8. The molecule has 0 amide bonds. The minimum Gasteiger partial charge on any atom is -0.490 e. The Bertz CT molecular complexity index is 951. The van der Waals surface area contributed by atoms with Crippen LogP contribution >= 0.6 is 0 Å². The molecule has 0 spiro atoms. The fourth-order valence-electron chi connectivity index (χ4n) is 3.37. The average molecular weight is 441 g/mol. The summed E-state index contributed by atoms with van der Waals surface area (Å²) in [5, 5.41) is 14.3. The van der Waals surface area contributed by atoms with Crippen molar-refractivity contribution in [1.29, 1.82) is 0 Å². The summed E-state index contributed by atoms with van der Waals surface area (Å²) in [5.41, 5.74) is 2.96. The lowest BCUT2D eigenvalue weighted by molar-refractivity contribution is 0.0730. The third-order valence-corrected chi connectivity index (χ3v) is 5.04.